The molecule has 1 fully saturated rings. The summed E-state index contributed by atoms with van der Waals surface area (Å²) in [7, 11) is 2.19. The molecule has 4 heterocycles. The van der Waals surface area contributed by atoms with Crippen LogP contribution in [0.1, 0.15) is 35.7 Å². The van der Waals surface area contributed by atoms with Gasteiger partial charge in [0.2, 0.25) is 0 Å². The van der Waals surface area contributed by atoms with E-state index in [2.05, 4.69) is 50.9 Å². The summed E-state index contributed by atoms with van der Waals surface area (Å²) in [5, 5.41) is 0. The van der Waals surface area contributed by atoms with Crippen LogP contribution >= 0.6 is 0 Å². The van der Waals surface area contributed by atoms with Crippen LogP contribution in [0.4, 0.5) is 4.39 Å². The predicted molar refractivity (Wildman–Crippen MR) is 141 cm³/mol. The number of aromatic nitrogens is 1. The van der Waals surface area contributed by atoms with Crippen molar-refractivity contribution in [3.05, 3.63) is 89.3 Å². The topological polar surface area (TPSA) is 38.2 Å². The molecule has 36 heavy (non-hydrogen) atoms. The zero-order valence-corrected chi connectivity index (χ0v) is 21.1. The number of fused-ring (bicyclic) bond motifs is 2. The Kier molecular flexibility index (Phi) is 6.59. The molecule has 6 nitrogen and oxygen atoms in total. The van der Waals surface area contributed by atoms with E-state index in [4.69, 9.17) is 9.98 Å². The lowest BCUT2D eigenvalue weighted by Gasteiger charge is -2.40. The fraction of sp³-hybridized carbons (Fsp3) is 0.448. The number of benzene rings is 1. The fourth-order valence-corrected chi connectivity index (χ4v) is 6.05. The lowest BCUT2D eigenvalue weighted by molar-refractivity contribution is 0.144. The molecule has 0 saturated carbocycles. The van der Waals surface area contributed by atoms with Gasteiger partial charge in [-0.25, -0.2) is 4.39 Å². The third-order valence-corrected chi connectivity index (χ3v) is 7.91. The smallest absolute Gasteiger partial charge is 0.129 e. The number of halogens is 1. The largest absolute Gasteiger partial charge is 0.355 e. The monoisotopic (exact) mass is 486 g/mol. The molecular formula is C29H35FN6. The number of amidine groups is 1. The number of pyridine rings is 1. The summed E-state index contributed by atoms with van der Waals surface area (Å²) >= 11 is 0. The molecule has 1 aromatic carbocycles. The molecule has 1 saturated heterocycles. The minimum absolute atomic E-state index is 0.154. The van der Waals surface area contributed by atoms with Crippen LogP contribution in [-0.4, -0.2) is 82.8 Å². The molecule has 188 valence electrons. The van der Waals surface area contributed by atoms with E-state index in [0.29, 0.717) is 6.54 Å². The van der Waals surface area contributed by atoms with Crippen molar-refractivity contribution >= 4 is 5.84 Å². The van der Waals surface area contributed by atoms with Crippen molar-refractivity contribution in [3.63, 3.8) is 0 Å². The molecule has 0 bridgehead atoms. The Bertz CT molecular complexity index is 1180. The van der Waals surface area contributed by atoms with Gasteiger partial charge in [0.15, 0.2) is 0 Å². The highest BCUT2D eigenvalue weighted by atomic mass is 19.1. The van der Waals surface area contributed by atoms with E-state index in [1.807, 2.05) is 24.4 Å². The number of hydrogen-bond acceptors (Lipinski definition) is 6. The van der Waals surface area contributed by atoms with Crippen molar-refractivity contribution in [1.29, 1.82) is 0 Å². The summed E-state index contributed by atoms with van der Waals surface area (Å²) in [6.07, 6.45) is 11.7. The van der Waals surface area contributed by atoms with Gasteiger partial charge in [0.1, 0.15) is 17.5 Å². The van der Waals surface area contributed by atoms with Crippen LogP contribution in [0.5, 0.6) is 0 Å². The van der Waals surface area contributed by atoms with Crippen molar-refractivity contribution in [2.24, 2.45) is 4.99 Å². The van der Waals surface area contributed by atoms with Gasteiger partial charge in [-0.05, 0) is 67.8 Å². The second-order valence-electron chi connectivity index (χ2n) is 10.4. The molecule has 0 radical (unpaired) electrons. The second kappa shape index (κ2) is 10.1. The van der Waals surface area contributed by atoms with Crippen LogP contribution < -0.4 is 0 Å². The van der Waals surface area contributed by atoms with Gasteiger partial charge >= 0.3 is 0 Å². The van der Waals surface area contributed by atoms with Crippen molar-refractivity contribution in [3.8, 4) is 0 Å². The maximum absolute atomic E-state index is 14.1. The molecule has 2 atom stereocenters. The maximum atomic E-state index is 14.1. The third-order valence-electron chi connectivity index (χ3n) is 7.91. The normalized spacial score (nSPS) is 24.0. The standard InChI is InChI=1S/C29H35FN6/c1-33-14-16-34(17-15-33)28-12-4-11-27-32-25(21-36(27)28)20-35(19-22-6-2-9-24(30)18-22)26-10-3-7-23-8-5-13-31-29(23)26/h2,4-6,8-9,11-13,18,25-26H,3,7,10,14-17,19-21H2,1H3/t25?,26-/m0/s1. The number of piperazine rings is 1. The predicted octanol–water partition coefficient (Wildman–Crippen LogP) is 3.84. The highest BCUT2D eigenvalue weighted by Crippen LogP contribution is 2.35. The van der Waals surface area contributed by atoms with E-state index in [-0.39, 0.29) is 17.9 Å². The van der Waals surface area contributed by atoms with Crippen LogP contribution in [0.2, 0.25) is 0 Å². The Morgan fingerprint density at radius 1 is 1.11 bits per heavy atom. The van der Waals surface area contributed by atoms with Gasteiger partial charge in [-0.15, -0.1) is 0 Å². The summed E-state index contributed by atoms with van der Waals surface area (Å²) in [6, 6.07) is 11.6. The highest BCUT2D eigenvalue weighted by molar-refractivity contribution is 5.96. The molecule has 0 spiro atoms. The molecule has 1 aliphatic carbocycles. The van der Waals surface area contributed by atoms with Crippen molar-refractivity contribution < 1.29 is 4.39 Å². The molecule has 0 N–H and O–H groups in total. The molecule has 1 aromatic heterocycles. The first kappa shape index (κ1) is 23.4. The van der Waals surface area contributed by atoms with Crippen LogP contribution in [-0.2, 0) is 13.0 Å². The number of hydrogen-bond donors (Lipinski definition) is 0. The quantitative estimate of drug-likeness (QED) is 0.620. The number of nitrogens with zero attached hydrogens (tertiary/aromatic N) is 6. The van der Waals surface area contributed by atoms with E-state index in [0.717, 1.165) is 69.9 Å². The Labute approximate surface area is 213 Å². The molecule has 4 aliphatic rings. The molecule has 2 aromatic rings. The summed E-state index contributed by atoms with van der Waals surface area (Å²) in [4.78, 5) is 19.7. The number of aliphatic imine (C=N–C) groups is 1. The van der Waals surface area contributed by atoms with Gasteiger partial charge in [-0.1, -0.05) is 24.3 Å². The first-order valence-corrected chi connectivity index (χ1v) is 13.2. The van der Waals surface area contributed by atoms with E-state index < -0.39 is 0 Å². The molecule has 3 aliphatic heterocycles. The molecule has 0 amide bonds. The Morgan fingerprint density at radius 2 is 2.00 bits per heavy atom. The lowest BCUT2D eigenvalue weighted by Crippen LogP contribution is -2.48. The fourth-order valence-electron chi connectivity index (χ4n) is 6.05. The van der Waals surface area contributed by atoms with Gasteiger partial charge in [0.25, 0.3) is 0 Å². The zero-order chi connectivity index (χ0) is 24.5. The summed E-state index contributed by atoms with van der Waals surface area (Å²) in [5.74, 6) is 2.15. The second-order valence-corrected chi connectivity index (χ2v) is 10.4. The number of allylic oxidation sites excluding steroid dienone is 2. The van der Waals surface area contributed by atoms with Gasteiger partial charge in [-0.3, -0.25) is 14.9 Å². The summed E-state index contributed by atoms with van der Waals surface area (Å²) < 4.78 is 14.1. The first-order chi connectivity index (χ1) is 17.6. The third kappa shape index (κ3) is 4.82. The van der Waals surface area contributed by atoms with Crippen LogP contribution in [0, 0.1) is 5.82 Å². The van der Waals surface area contributed by atoms with E-state index in [9.17, 15) is 4.39 Å². The van der Waals surface area contributed by atoms with E-state index >= 15 is 0 Å². The molecule has 7 heteroatoms. The molecular weight excluding hydrogens is 451 g/mol. The Balaban J connectivity index is 1.23. The maximum Gasteiger partial charge on any atom is 0.129 e. The van der Waals surface area contributed by atoms with E-state index in [1.165, 1.54) is 23.1 Å². The minimum Gasteiger partial charge on any atom is -0.355 e. The van der Waals surface area contributed by atoms with Crippen LogP contribution in [0.25, 0.3) is 0 Å². The van der Waals surface area contributed by atoms with Crippen molar-refractivity contribution in [1.82, 2.24) is 24.6 Å². The highest BCUT2D eigenvalue weighted by Gasteiger charge is 2.35. The number of aryl methyl sites for hydroxylation is 1. The van der Waals surface area contributed by atoms with Crippen molar-refractivity contribution in [2.75, 3.05) is 46.3 Å². The average molecular weight is 487 g/mol. The van der Waals surface area contributed by atoms with Crippen molar-refractivity contribution in [2.45, 2.75) is 37.9 Å². The first-order valence-electron chi connectivity index (χ1n) is 13.2. The minimum atomic E-state index is -0.181. The van der Waals surface area contributed by atoms with Gasteiger partial charge in [-0.2, -0.15) is 0 Å². The van der Waals surface area contributed by atoms with Gasteiger partial charge in [0, 0.05) is 52.0 Å². The SMILES string of the molecule is CN1CCN(C2=CC=CC3=NC(CN(Cc4cccc(F)c4)[C@H]4CCCc5cccnc54)CN23)CC1. The molecule has 6 rings (SSSR count). The zero-order valence-electron chi connectivity index (χ0n) is 21.1. The Hall–Kier alpha value is -3.03. The van der Waals surface area contributed by atoms with Gasteiger partial charge < -0.3 is 14.7 Å². The number of rotatable bonds is 6. The van der Waals surface area contributed by atoms with Gasteiger partial charge in [0.05, 0.1) is 17.8 Å². The summed E-state index contributed by atoms with van der Waals surface area (Å²) in [6.45, 7) is 6.64. The lowest BCUT2D eigenvalue weighted by atomic mass is 9.90. The Morgan fingerprint density at radius 3 is 2.86 bits per heavy atom. The van der Waals surface area contributed by atoms with Crippen LogP contribution in [0.15, 0.2) is 71.6 Å². The average Bonchev–Trinajstić information content (AvgIpc) is 3.31. The molecule has 1 unspecified atom stereocenters. The number of likely N-dealkylation sites (N-methyl/N-ethyl adjacent to an activating group) is 1. The van der Waals surface area contributed by atoms with Crippen LogP contribution in [0.3, 0.4) is 0 Å². The van der Waals surface area contributed by atoms with E-state index in [1.54, 1.807) is 6.07 Å². The summed E-state index contributed by atoms with van der Waals surface area (Å²) in [5.41, 5.74) is 3.53.